The lowest BCUT2D eigenvalue weighted by molar-refractivity contribution is -0.140. The van der Waals surface area contributed by atoms with Crippen LogP contribution in [0, 0.1) is 6.92 Å². The summed E-state index contributed by atoms with van der Waals surface area (Å²) in [6.07, 6.45) is 0.511. The minimum Gasteiger partial charge on any atom is -0.507 e. The molecule has 170 valence electrons. The highest BCUT2D eigenvalue weighted by Gasteiger charge is 2.46. The molecule has 0 radical (unpaired) electrons. The van der Waals surface area contributed by atoms with Crippen molar-refractivity contribution in [2.75, 3.05) is 34.5 Å². The van der Waals surface area contributed by atoms with E-state index in [2.05, 4.69) is 0 Å². The van der Waals surface area contributed by atoms with Crippen LogP contribution in [0.15, 0.2) is 42.0 Å². The van der Waals surface area contributed by atoms with Gasteiger partial charge in [-0.05, 0) is 54.8 Å². The van der Waals surface area contributed by atoms with Crippen molar-refractivity contribution < 1.29 is 34.0 Å². The molecule has 1 aliphatic rings. The number of aryl methyl sites for hydroxylation is 1. The molecule has 2 aromatic carbocycles. The van der Waals surface area contributed by atoms with Crippen LogP contribution in [0.5, 0.6) is 17.2 Å². The number of phenols is 1. The SMILES string of the molecule is COCCCN1C(=O)C(=O)C(=C(O)c2ccc(OC)cc2C)C1c1ccc(O)c(OC)c1. The van der Waals surface area contributed by atoms with Crippen molar-refractivity contribution in [3.63, 3.8) is 0 Å². The zero-order valence-corrected chi connectivity index (χ0v) is 18.5. The zero-order valence-electron chi connectivity index (χ0n) is 18.5. The van der Waals surface area contributed by atoms with Crippen molar-refractivity contribution in [3.05, 3.63) is 58.7 Å². The minimum atomic E-state index is -0.845. The number of hydrogen-bond donors (Lipinski definition) is 2. The molecule has 2 N–H and O–H groups in total. The normalized spacial score (nSPS) is 17.6. The van der Waals surface area contributed by atoms with E-state index in [0.717, 1.165) is 0 Å². The Morgan fingerprint density at radius 1 is 1.06 bits per heavy atom. The number of hydrogen-bond acceptors (Lipinski definition) is 7. The van der Waals surface area contributed by atoms with Crippen molar-refractivity contribution >= 4 is 17.4 Å². The van der Waals surface area contributed by atoms with Crippen LogP contribution in [0.1, 0.15) is 29.2 Å². The first-order valence-corrected chi connectivity index (χ1v) is 10.1. The Morgan fingerprint density at radius 2 is 1.81 bits per heavy atom. The van der Waals surface area contributed by atoms with Gasteiger partial charge in [-0.1, -0.05) is 6.07 Å². The molecule has 1 unspecified atom stereocenters. The number of rotatable bonds is 8. The summed E-state index contributed by atoms with van der Waals surface area (Å²) in [6, 6.07) is 8.81. The van der Waals surface area contributed by atoms with E-state index in [-0.39, 0.29) is 29.4 Å². The highest BCUT2D eigenvalue weighted by molar-refractivity contribution is 6.46. The molecule has 8 nitrogen and oxygen atoms in total. The summed E-state index contributed by atoms with van der Waals surface area (Å²) in [4.78, 5) is 27.4. The number of aliphatic hydroxyl groups is 1. The maximum absolute atomic E-state index is 13.1. The highest BCUT2D eigenvalue weighted by atomic mass is 16.5. The summed E-state index contributed by atoms with van der Waals surface area (Å²) in [6.45, 7) is 2.45. The lowest BCUT2D eigenvalue weighted by Crippen LogP contribution is -2.31. The Labute approximate surface area is 186 Å². The number of methoxy groups -OCH3 is 3. The molecule has 0 spiro atoms. The van der Waals surface area contributed by atoms with Gasteiger partial charge in [0, 0.05) is 25.8 Å². The number of ketones is 1. The summed E-state index contributed by atoms with van der Waals surface area (Å²) in [7, 11) is 4.51. The van der Waals surface area contributed by atoms with Crippen LogP contribution in [-0.4, -0.2) is 61.3 Å². The molecule has 1 aliphatic heterocycles. The van der Waals surface area contributed by atoms with E-state index >= 15 is 0 Å². The number of Topliss-reactive ketones (excluding diaryl/α,β-unsaturated/α-hetero) is 1. The van der Waals surface area contributed by atoms with Gasteiger partial charge in [0.05, 0.1) is 25.8 Å². The van der Waals surface area contributed by atoms with Crippen LogP contribution < -0.4 is 9.47 Å². The average Bonchev–Trinajstić information content (AvgIpc) is 3.04. The second-order valence-corrected chi connectivity index (χ2v) is 7.45. The van der Waals surface area contributed by atoms with Crippen molar-refractivity contribution in [3.8, 4) is 17.2 Å². The third kappa shape index (κ3) is 4.27. The van der Waals surface area contributed by atoms with E-state index in [1.165, 1.54) is 25.2 Å². The number of phenolic OH excluding ortho intramolecular Hbond substituents is 1. The molecule has 0 aromatic heterocycles. The summed E-state index contributed by atoms with van der Waals surface area (Å²) in [5, 5.41) is 21.2. The Kier molecular flexibility index (Phi) is 7.05. The third-order valence-corrected chi connectivity index (χ3v) is 5.50. The molecule has 32 heavy (non-hydrogen) atoms. The topological polar surface area (TPSA) is 106 Å². The van der Waals surface area contributed by atoms with E-state index in [9.17, 15) is 19.8 Å². The third-order valence-electron chi connectivity index (χ3n) is 5.50. The highest BCUT2D eigenvalue weighted by Crippen LogP contribution is 2.42. The van der Waals surface area contributed by atoms with Gasteiger partial charge in [0.1, 0.15) is 11.5 Å². The molecule has 8 heteroatoms. The van der Waals surface area contributed by atoms with E-state index < -0.39 is 17.7 Å². The summed E-state index contributed by atoms with van der Waals surface area (Å²) >= 11 is 0. The first kappa shape index (κ1) is 23.1. The molecule has 3 rings (SSSR count). The molecule has 1 fully saturated rings. The summed E-state index contributed by atoms with van der Waals surface area (Å²) in [5.41, 5.74) is 1.63. The number of benzene rings is 2. The second-order valence-electron chi connectivity index (χ2n) is 7.45. The summed E-state index contributed by atoms with van der Waals surface area (Å²) < 4.78 is 15.5. The number of likely N-dealkylation sites (tertiary alicyclic amines) is 1. The van der Waals surface area contributed by atoms with E-state index in [1.807, 2.05) is 0 Å². The van der Waals surface area contributed by atoms with Gasteiger partial charge in [-0.2, -0.15) is 0 Å². The van der Waals surface area contributed by atoms with Gasteiger partial charge in [0.15, 0.2) is 11.5 Å². The second kappa shape index (κ2) is 9.74. The van der Waals surface area contributed by atoms with E-state index in [0.29, 0.717) is 35.5 Å². The first-order valence-electron chi connectivity index (χ1n) is 10.1. The number of aromatic hydroxyl groups is 1. The van der Waals surface area contributed by atoms with Crippen LogP contribution in [-0.2, 0) is 14.3 Å². The van der Waals surface area contributed by atoms with Crippen LogP contribution in [0.2, 0.25) is 0 Å². The van der Waals surface area contributed by atoms with Crippen LogP contribution in [0.25, 0.3) is 5.76 Å². The van der Waals surface area contributed by atoms with Gasteiger partial charge in [-0.15, -0.1) is 0 Å². The predicted octanol–water partition coefficient (Wildman–Crippen LogP) is 3.18. The molecule has 1 amide bonds. The Bertz CT molecular complexity index is 1060. The lowest BCUT2D eigenvalue weighted by Gasteiger charge is -2.26. The number of ether oxygens (including phenoxy) is 3. The standard InChI is InChI=1S/C24H27NO7/c1-14-12-16(31-3)7-8-17(14)22(27)20-21(15-6-9-18(26)19(13-15)32-4)25(10-5-11-30-2)24(29)23(20)28/h6-9,12-13,21,26-27H,5,10-11H2,1-4H3. The summed E-state index contributed by atoms with van der Waals surface area (Å²) in [5.74, 6) is -1.00. The Morgan fingerprint density at radius 3 is 2.44 bits per heavy atom. The molecule has 1 saturated heterocycles. The van der Waals surface area contributed by atoms with Crippen molar-refractivity contribution in [1.29, 1.82) is 0 Å². The zero-order chi connectivity index (χ0) is 23.4. The smallest absolute Gasteiger partial charge is 0.295 e. The average molecular weight is 441 g/mol. The maximum atomic E-state index is 13.1. The van der Waals surface area contributed by atoms with Gasteiger partial charge < -0.3 is 29.3 Å². The van der Waals surface area contributed by atoms with Gasteiger partial charge in [-0.25, -0.2) is 0 Å². The van der Waals surface area contributed by atoms with Crippen LogP contribution >= 0.6 is 0 Å². The first-order chi connectivity index (χ1) is 15.3. The molecule has 0 bridgehead atoms. The molecule has 2 aromatic rings. The molecule has 0 saturated carbocycles. The quantitative estimate of drug-likeness (QED) is 0.281. The van der Waals surface area contributed by atoms with Gasteiger partial charge in [-0.3, -0.25) is 9.59 Å². The molecule has 1 atom stereocenters. The Hall–Kier alpha value is -3.52. The van der Waals surface area contributed by atoms with Gasteiger partial charge >= 0.3 is 0 Å². The van der Waals surface area contributed by atoms with Crippen molar-refractivity contribution in [1.82, 2.24) is 4.90 Å². The number of carbonyl (C=O) groups is 2. The van der Waals surface area contributed by atoms with E-state index in [4.69, 9.17) is 14.2 Å². The predicted molar refractivity (Wildman–Crippen MR) is 118 cm³/mol. The number of aliphatic hydroxyl groups excluding tert-OH is 1. The lowest BCUT2D eigenvalue weighted by atomic mass is 9.93. The maximum Gasteiger partial charge on any atom is 0.295 e. The van der Waals surface area contributed by atoms with Gasteiger partial charge in [0.2, 0.25) is 0 Å². The molecular weight excluding hydrogens is 414 g/mol. The van der Waals surface area contributed by atoms with Crippen molar-refractivity contribution in [2.45, 2.75) is 19.4 Å². The number of carbonyl (C=O) groups excluding carboxylic acids is 2. The van der Waals surface area contributed by atoms with Crippen LogP contribution in [0.4, 0.5) is 0 Å². The Balaban J connectivity index is 2.18. The van der Waals surface area contributed by atoms with E-state index in [1.54, 1.807) is 44.4 Å². The fourth-order valence-corrected chi connectivity index (χ4v) is 3.87. The van der Waals surface area contributed by atoms with Crippen LogP contribution in [0.3, 0.4) is 0 Å². The fraction of sp³-hybridized carbons (Fsp3) is 0.333. The molecular formula is C24H27NO7. The molecule has 0 aliphatic carbocycles. The van der Waals surface area contributed by atoms with Crippen molar-refractivity contribution in [2.24, 2.45) is 0 Å². The number of amides is 1. The van der Waals surface area contributed by atoms with Gasteiger partial charge in [0.25, 0.3) is 11.7 Å². The fourth-order valence-electron chi connectivity index (χ4n) is 3.87. The minimum absolute atomic E-state index is 0.0200. The number of nitrogens with zero attached hydrogens (tertiary/aromatic N) is 1. The monoisotopic (exact) mass is 441 g/mol. The molecule has 1 heterocycles. The largest absolute Gasteiger partial charge is 0.507 e.